The summed E-state index contributed by atoms with van der Waals surface area (Å²) in [6, 6.07) is 8.51. The van der Waals surface area contributed by atoms with E-state index in [4.69, 9.17) is 10.00 Å². The van der Waals surface area contributed by atoms with Crippen molar-refractivity contribution in [3.63, 3.8) is 0 Å². The lowest BCUT2D eigenvalue weighted by molar-refractivity contribution is -0.140. The zero-order chi connectivity index (χ0) is 18.8. The van der Waals surface area contributed by atoms with Gasteiger partial charge >= 0.3 is 6.18 Å². The molecule has 0 saturated carbocycles. The number of halogens is 3. The Bertz CT molecular complexity index is 790. The molecule has 0 fully saturated rings. The summed E-state index contributed by atoms with van der Waals surface area (Å²) in [5.41, 5.74) is -0.777. The molecule has 0 spiro atoms. The Kier molecular flexibility index (Phi) is 4.88. The Morgan fingerprint density at radius 3 is 2.20 bits per heavy atom. The Hall–Kier alpha value is -2.82. The average molecular weight is 350 g/mol. The van der Waals surface area contributed by atoms with Gasteiger partial charge in [-0.05, 0) is 45.0 Å². The molecule has 0 aliphatic rings. The first-order valence-electron chi connectivity index (χ1n) is 7.38. The van der Waals surface area contributed by atoms with Crippen LogP contribution in [0.1, 0.15) is 31.9 Å². The predicted molar refractivity (Wildman–Crippen MR) is 86.6 cm³/mol. The second-order valence-corrected chi connectivity index (χ2v) is 6.32. The number of rotatable bonds is 3. The van der Waals surface area contributed by atoms with Crippen LogP contribution in [0.15, 0.2) is 30.5 Å². The van der Waals surface area contributed by atoms with Crippen molar-refractivity contribution in [2.24, 2.45) is 0 Å². The highest BCUT2D eigenvalue weighted by Crippen LogP contribution is 2.37. The number of benzene rings is 1. The molecular formula is C17H17F3N4O. The van der Waals surface area contributed by atoms with E-state index in [1.54, 1.807) is 52.1 Å². The van der Waals surface area contributed by atoms with Crippen LogP contribution in [0, 0.1) is 11.3 Å². The maximum atomic E-state index is 13.2. The van der Waals surface area contributed by atoms with Crippen molar-refractivity contribution in [2.45, 2.75) is 32.5 Å². The van der Waals surface area contributed by atoms with E-state index in [1.165, 1.54) is 4.90 Å². The molecule has 0 amide bonds. The smallest absolute Gasteiger partial charge is 0.423 e. The number of nitrogens with zero attached hydrogens (tertiary/aromatic N) is 4. The van der Waals surface area contributed by atoms with Crippen molar-refractivity contribution < 1.29 is 17.9 Å². The average Bonchev–Trinajstić information content (AvgIpc) is 2.51. The van der Waals surface area contributed by atoms with E-state index in [-0.39, 0.29) is 5.95 Å². The zero-order valence-electron chi connectivity index (χ0n) is 14.2. The minimum Gasteiger partial charge on any atom is -0.471 e. The van der Waals surface area contributed by atoms with E-state index in [9.17, 15) is 13.2 Å². The van der Waals surface area contributed by atoms with E-state index >= 15 is 0 Å². The Morgan fingerprint density at radius 1 is 1.12 bits per heavy atom. The lowest BCUT2D eigenvalue weighted by Gasteiger charge is -2.24. The Labute approximate surface area is 143 Å². The largest absolute Gasteiger partial charge is 0.471 e. The molecule has 0 saturated heterocycles. The third kappa shape index (κ3) is 4.59. The second-order valence-electron chi connectivity index (χ2n) is 6.32. The SMILES string of the molecule is CN(c1ccc(C#N)cc1)c1ncc(C(F)(F)F)c(OC(C)(C)C)n1. The molecule has 0 unspecified atom stereocenters. The molecule has 5 nitrogen and oxygen atoms in total. The molecule has 0 bridgehead atoms. The minimum atomic E-state index is -4.62. The summed E-state index contributed by atoms with van der Waals surface area (Å²) in [6.07, 6.45) is -3.91. The van der Waals surface area contributed by atoms with Gasteiger partial charge in [0.15, 0.2) is 0 Å². The fourth-order valence-corrected chi connectivity index (χ4v) is 1.96. The number of nitriles is 1. The fourth-order valence-electron chi connectivity index (χ4n) is 1.96. The maximum absolute atomic E-state index is 13.2. The van der Waals surface area contributed by atoms with Crippen LogP contribution in [0.2, 0.25) is 0 Å². The summed E-state index contributed by atoms with van der Waals surface area (Å²) >= 11 is 0. The first kappa shape index (κ1) is 18.5. The highest BCUT2D eigenvalue weighted by molar-refractivity contribution is 5.58. The normalized spacial score (nSPS) is 11.8. The first-order chi connectivity index (χ1) is 11.5. The van der Waals surface area contributed by atoms with Crippen LogP contribution in [-0.4, -0.2) is 22.6 Å². The van der Waals surface area contributed by atoms with Gasteiger partial charge in [0.25, 0.3) is 0 Å². The molecule has 25 heavy (non-hydrogen) atoms. The number of ether oxygens (including phenoxy) is 1. The van der Waals surface area contributed by atoms with Crippen molar-refractivity contribution in [1.29, 1.82) is 5.26 Å². The molecular weight excluding hydrogens is 333 g/mol. The third-order valence-electron chi connectivity index (χ3n) is 3.13. The van der Waals surface area contributed by atoms with Crippen molar-refractivity contribution in [2.75, 3.05) is 11.9 Å². The van der Waals surface area contributed by atoms with Crippen LogP contribution in [0.4, 0.5) is 24.8 Å². The predicted octanol–water partition coefficient (Wildman–Crippen LogP) is 4.31. The fraction of sp³-hybridized carbons (Fsp3) is 0.353. The van der Waals surface area contributed by atoms with Crippen LogP contribution in [0.25, 0.3) is 0 Å². The van der Waals surface area contributed by atoms with Crippen molar-refractivity contribution in [1.82, 2.24) is 9.97 Å². The van der Waals surface area contributed by atoms with Gasteiger partial charge in [0, 0.05) is 18.9 Å². The number of aromatic nitrogens is 2. The number of hydrogen-bond acceptors (Lipinski definition) is 5. The summed E-state index contributed by atoms with van der Waals surface area (Å²) in [4.78, 5) is 9.27. The van der Waals surface area contributed by atoms with Crippen molar-refractivity contribution >= 4 is 11.6 Å². The standard InChI is InChI=1S/C17H17F3N4O/c1-16(2,3)25-14-13(17(18,19)20)10-22-15(23-14)24(4)12-7-5-11(9-21)6-8-12/h5-8,10H,1-4H3. The Morgan fingerprint density at radius 2 is 1.72 bits per heavy atom. The van der Waals surface area contributed by atoms with Crippen LogP contribution >= 0.6 is 0 Å². The highest BCUT2D eigenvalue weighted by atomic mass is 19.4. The molecule has 2 aromatic rings. The molecule has 0 aliphatic heterocycles. The lowest BCUT2D eigenvalue weighted by Crippen LogP contribution is -2.26. The molecule has 132 valence electrons. The molecule has 1 aromatic carbocycles. The van der Waals surface area contributed by atoms with Gasteiger partial charge < -0.3 is 9.64 Å². The van der Waals surface area contributed by atoms with E-state index in [1.807, 2.05) is 6.07 Å². The lowest BCUT2D eigenvalue weighted by atomic mass is 10.2. The van der Waals surface area contributed by atoms with Gasteiger partial charge in [0.05, 0.1) is 11.6 Å². The van der Waals surface area contributed by atoms with Gasteiger partial charge in [-0.1, -0.05) is 0 Å². The maximum Gasteiger partial charge on any atom is 0.423 e. The van der Waals surface area contributed by atoms with E-state index < -0.39 is 23.2 Å². The topological polar surface area (TPSA) is 62.0 Å². The van der Waals surface area contributed by atoms with Crippen LogP contribution < -0.4 is 9.64 Å². The zero-order valence-corrected chi connectivity index (χ0v) is 14.2. The third-order valence-corrected chi connectivity index (χ3v) is 3.13. The summed E-state index contributed by atoms with van der Waals surface area (Å²) < 4.78 is 44.9. The Balaban J connectivity index is 2.44. The molecule has 0 aliphatic carbocycles. The van der Waals surface area contributed by atoms with Gasteiger partial charge in [-0.2, -0.15) is 23.4 Å². The van der Waals surface area contributed by atoms with Crippen LogP contribution in [0.5, 0.6) is 5.88 Å². The molecule has 1 heterocycles. The number of alkyl halides is 3. The van der Waals surface area contributed by atoms with Crippen molar-refractivity contribution in [3.8, 4) is 11.9 Å². The van der Waals surface area contributed by atoms with Crippen molar-refractivity contribution in [3.05, 3.63) is 41.6 Å². The van der Waals surface area contributed by atoms with Gasteiger partial charge in [0.1, 0.15) is 11.2 Å². The molecule has 1 aromatic heterocycles. The summed E-state index contributed by atoms with van der Waals surface area (Å²) in [5.74, 6) is -0.470. The molecule has 0 atom stereocenters. The van der Waals surface area contributed by atoms with Gasteiger partial charge in [-0.25, -0.2) is 4.98 Å². The molecule has 0 N–H and O–H groups in total. The summed E-state index contributed by atoms with van der Waals surface area (Å²) in [6.45, 7) is 4.91. The molecule has 2 rings (SSSR count). The summed E-state index contributed by atoms with van der Waals surface area (Å²) in [7, 11) is 1.62. The number of hydrogen-bond donors (Lipinski definition) is 0. The second kappa shape index (κ2) is 6.59. The van der Waals surface area contributed by atoms with Crippen LogP contribution in [-0.2, 0) is 6.18 Å². The molecule has 0 radical (unpaired) electrons. The quantitative estimate of drug-likeness (QED) is 0.825. The van der Waals surface area contributed by atoms with E-state index in [0.717, 1.165) is 0 Å². The van der Waals surface area contributed by atoms with E-state index in [0.29, 0.717) is 17.4 Å². The van der Waals surface area contributed by atoms with Gasteiger partial charge in [-0.15, -0.1) is 0 Å². The van der Waals surface area contributed by atoms with Gasteiger partial charge in [0.2, 0.25) is 11.8 Å². The number of anilines is 2. The summed E-state index contributed by atoms with van der Waals surface area (Å²) in [5, 5.41) is 8.82. The first-order valence-corrected chi connectivity index (χ1v) is 7.38. The monoisotopic (exact) mass is 350 g/mol. The minimum absolute atomic E-state index is 0.0527. The highest BCUT2D eigenvalue weighted by Gasteiger charge is 2.37. The van der Waals surface area contributed by atoms with E-state index in [2.05, 4.69) is 9.97 Å². The van der Waals surface area contributed by atoms with Crippen LogP contribution in [0.3, 0.4) is 0 Å². The molecule has 8 heteroatoms. The van der Waals surface area contributed by atoms with Gasteiger partial charge in [-0.3, -0.25) is 0 Å².